The van der Waals surface area contributed by atoms with Crippen molar-refractivity contribution in [2.24, 2.45) is 4.99 Å². The molecule has 5 nitrogen and oxygen atoms in total. The van der Waals surface area contributed by atoms with Crippen molar-refractivity contribution in [3.8, 4) is 0 Å². The molecule has 1 heterocycles. The Balaban J connectivity index is 1.68. The Morgan fingerprint density at radius 1 is 1.36 bits per heavy atom. The SMILES string of the molecule is CN=C(NCCCOCc1ccco1)NC(C)c1ccc(C)c(F)c1. The zero-order chi connectivity index (χ0) is 18.1. The van der Waals surface area contributed by atoms with Crippen molar-refractivity contribution < 1.29 is 13.5 Å². The van der Waals surface area contributed by atoms with Crippen LogP contribution in [-0.4, -0.2) is 26.2 Å². The molecule has 0 aliphatic rings. The summed E-state index contributed by atoms with van der Waals surface area (Å²) < 4.78 is 24.4. The molecule has 2 rings (SSSR count). The number of aliphatic imine (C=N–C) groups is 1. The number of ether oxygens (including phenoxy) is 1. The van der Waals surface area contributed by atoms with Gasteiger partial charge in [-0.05, 0) is 49.6 Å². The van der Waals surface area contributed by atoms with Gasteiger partial charge in [-0.1, -0.05) is 12.1 Å². The van der Waals surface area contributed by atoms with E-state index in [-0.39, 0.29) is 11.9 Å². The van der Waals surface area contributed by atoms with Crippen molar-refractivity contribution in [2.75, 3.05) is 20.2 Å². The zero-order valence-corrected chi connectivity index (χ0v) is 15.0. The average Bonchev–Trinajstić information content (AvgIpc) is 3.12. The molecule has 1 aromatic carbocycles. The van der Waals surface area contributed by atoms with Crippen molar-refractivity contribution in [1.82, 2.24) is 10.6 Å². The molecule has 6 heteroatoms. The average molecular weight is 347 g/mol. The summed E-state index contributed by atoms with van der Waals surface area (Å²) in [6.45, 7) is 5.57. The van der Waals surface area contributed by atoms with Crippen molar-refractivity contribution in [2.45, 2.75) is 32.9 Å². The molecule has 1 aromatic heterocycles. The van der Waals surface area contributed by atoms with Crippen LogP contribution >= 0.6 is 0 Å². The fourth-order valence-corrected chi connectivity index (χ4v) is 2.31. The van der Waals surface area contributed by atoms with Crippen LogP contribution in [0.2, 0.25) is 0 Å². The van der Waals surface area contributed by atoms with Crippen LogP contribution < -0.4 is 10.6 Å². The Kier molecular flexibility index (Phi) is 7.47. The van der Waals surface area contributed by atoms with Gasteiger partial charge in [-0.2, -0.15) is 0 Å². The van der Waals surface area contributed by atoms with Gasteiger partial charge in [0.05, 0.1) is 12.3 Å². The second-order valence-electron chi connectivity index (χ2n) is 5.86. The van der Waals surface area contributed by atoms with Crippen LogP contribution in [0.4, 0.5) is 4.39 Å². The second kappa shape index (κ2) is 9.84. The highest BCUT2D eigenvalue weighted by Gasteiger charge is 2.09. The summed E-state index contributed by atoms with van der Waals surface area (Å²) in [6.07, 6.45) is 2.48. The standard InChI is InChI=1S/C19H26FN3O2/c1-14-7-8-16(12-18(14)20)15(2)23-19(21-3)22-9-5-10-24-13-17-6-4-11-25-17/h4,6-8,11-12,15H,5,9-10,13H2,1-3H3,(H2,21,22,23). The van der Waals surface area contributed by atoms with E-state index in [1.54, 1.807) is 32.4 Å². The molecule has 0 aliphatic heterocycles. The van der Waals surface area contributed by atoms with Gasteiger partial charge >= 0.3 is 0 Å². The lowest BCUT2D eigenvalue weighted by Gasteiger charge is -2.18. The highest BCUT2D eigenvalue weighted by Crippen LogP contribution is 2.16. The Labute approximate surface area is 148 Å². The predicted molar refractivity (Wildman–Crippen MR) is 97.0 cm³/mol. The van der Waals surface area contributed by atoms with Gasteiger partial charge in [0.25, 0.3) is 0 Å². The number of furan rings is 1. The van der Waals surface area contributed by atoms with E-state index < -0.39 is 0 Å². The monoisotopic (exact) mass is 347 g/mol. The molecule has 25 heavy (non-hydrogen) atoms. The molecule has 1 unspecified atom stereocenters. The first kappa shape index (κ1) is 19.0. The summed E-state index contributed by atoms with van der Waals surface area (Å²) in [4.78, 5) is 4.20. The van der Waals surface area contributed by atoms with Gasteiger partial charge in [0.15, 0.2) is 5.96 Å². The Hall–Kier alpha value is -2.34. The number of nitrogens with one attached hydrogen (secondary N) is 2. The van der Waals surface area contributed by atoms with E-state index in [2.05, 4.69) is 15.6 Å². The minimum absolute atomic E-state index is 0.0449. The van der Waals surface area contributed by atoms with E-state index in [9.17, 15) is 4.39 Å². The first-order valence-corrected chi connectivity index (χ1v) is 8.43. The van der Waals surface area contributed by atoms with Gasteiger partial charge in [0.1, 0.15) is 18.2 Å². The lowest BCUT2D eigenvalue weighted by atomic mass is 10.1. The number of rotatable bonds is 8. The maximum atomic E-state index is 13.7. The summed E-state index contributed by atoms with van der Waals surface area (Å²) >= 11 is 0. The normalized spacial score (nSPS) is 12.9. The number of nitrogens with zero attached hydrogens (tertiary/aromatic N) is 1. The third-order valence-corrected chi connectivity index (χ3v) is 3.86. The van der Waals surface area contributed by atoms with Crippen LogP contribution in [-0.2, 0) is 11.3 Å². The molecule has 0 bridgehead atoms. The molecular weight excluding hydrogens is 321 g/mol. The van der Waals surface area contributed by atoms with Gasteiger partial charge < -0.3 is 19.8 Å². The lowest BCUT2D eigenvalue weighted by Crippen LogP contribution is -2.39. The fraction of sp³-hybridized carbons (Fsp3) is 0.421. The first-order chi connectivity index (χ1) is 12.1. The van der Waals surface area contributed by atoms with Gasteiger partial charge in [-0.3, -0.25) is 4.99 Å². The van der Waals surface area contributed by atoms with E-state index in [1.807, 2.05) is 25.1 Å². The minimum atomic E-state index is -0.192. The number of halogens is 1. The van der Waals surface area contributed by atoms with Crippen LogP contribution in [0.5, 0.6) is 0 Å². The number of hydrogen-bond donors (Lipinski definition) is 2. The lowest BCUT2D eigenvalue weighted by molar-refractivity contribution is 0.105. The molecule has 0 fully saturated rings. The van der Waals surface area contributed by atoms with Gasteiger partial charge in [0, 0.05) is 20.2 Å². The van der Waals surface area contributed by atoms with Crippen LogP contribution in [0.15, 0.2) is 46.0 Å². The highest BCUT2D eigenvalue weighted by molar-refractivity contribution is 5.80. The van der Waals surface area contributed by atoms with Crippen LogP contribution in [0.1, 0.15) is 36.3 Å². The summed E-state index contributed by atoms with van der Waals surface area (Å²) in [5.41, 5.74) is 1.53. The largest absolute Gasteiger partial charge is 0.467 e. The molecule has 0 saturated carbocycles. The number of guanidine groups is 1. The van der Waals surface area contributed by atoms with Crippen molar-refractivity contribution >= 4 is 5.96 Å². The number of benzene rings is 1. The second-order valence-corrected chi connectivity index (χ2v) is 5.86. The third kappa shape index (κ3) is 6.23. The van der Waals surface area contributed by atoms with Crippen LogP contribution in [0, 0.1) is 12.7 Å². The minimum Gasteiger partial charge on any atom is -0.467 e. The van der Waals surface area contributed by atoms with E-state index in [0.29, 0.717) is 24.7 Å². The molecule has 136 valence electrons. The van der Waals surface area contributed by atoms with Crippen molar-refractivity contribution in [1.29, 1.82) is 0 Å². The predicted octanol–water partition coefficient (Wildman–Crippen LogP) is 3.56. The van der Waals surface area contributed by atoms with E-state index in [1.165, 1.54) is 0 Å². The summed E-state index contributed by atoms with van der Waals surface area (Å²) in [7, 11) is 1.71. The molecular formula is C19H26FN3O2. The Morgan fingerprint density at radius 3 is 2.88 bits per heavy atom. The van der Waals surface area contributed by atoms with Gasteiger partial charge in [-0.25, -0.2) is 4.39 Å². The van der Waals surface area contributed by atoms with Crippen molar-refractivity contribution in [3.63, 3.8) is 0 Å². The fourth-order valence-electron chi connectivity index (χ4n) is 2.31. The quantitative estimate of drug-likeness (QED) is 0.435. The Bertz CT molecular complexity index is 671. The molecule has 0 radical (unpaired) electrons. The highest BCUT2D eigenvalue weighted by atomic mass is 19.1. The number of aryl methyl sites for hydroxylation is 1. The van der Waals surface area contributed by atoms with Crippen molar-refractivity contribution in [3.05, 3.63) is 59.3 Å². The molecule has 0 aliphatic carbocycles. The van der Waals surface area contributed by atoms with Gasteiger partial charge in [-0.15, -0.1) is 0 Å². The molecule has 2 N–H and O–H groups in total. The molecule has 1 atom stereocenters. The maximum Gasteiger partial charge on any atom is 0.191 e. The molecule has 2 aromatic rings. The molecule has 0 saturated heterocycles. The summed E-state index contributed by atoms with van der Waals surface area (Å²) in [5, 5.41) is 6.49. The Morgan fingerprint density at radius 2 is 2.20 bits per heavy atom. The first-order valence-electron chi connectivity index (χ1n) is 8.43. The molecule has 0 amide bonds. The third-order valence-electron chi connectivity index (χ3n) is 3.86. The zero-order valence-electron chi connectivity index (χ0n) is 15.0. The summed E-state index contributed by atoms with van der Waals surface area (Å²) in [6, 6.07) is 8.96. The summed E-state index contributed by atoms with van der Waals surface area (Å²) in [5.74, 6) is 1.31. The maximum absolute atomic E-state index is 13.7. The smallest absolute Gasteiger partial charge is 0.191 e. The van der Waals surface area contributed by atoms with Crippen LogP contribution in [0.3, 0.4) is 0 Å². The van der Waals surface area contributed by atoms with Gasteiger partial charge in [0.2, 0.25) is 0 Å². The molecule has 0 spiro atoms. The van der Waals surface area contributed by atoms with Crippen LogP contribution in [0.25, 0.3) is 0 Å². The van der Waals surface area contributed by atoms with E-state index >= 15 is 0 Å². The number of hydrogen-bond acceptors (Lipinski definition) is 3. The topological polar surface area (TPSA) is 58.8 Å². The van der Waals surface area contributed by atoms with E-state index in [0.717, 1.165) is 24.3 Å². The van der Waals surface area contributed by atoms with E-state index in [4.69, 9.17) is 9.15 Å².